The summed E-state index contributed by atoms with van der Waals surface area (Å²) in [5.41, 5.74) is 7.22. The number of hydrogen-bond acceptors (Lipinski definition) is 8. The number of furan rings is 1. The highest BCUT2D eigenvalue weighted by molar-refractivity contribution is 7.21. The van der Waals surface area contributed by atoms with E-state index in [1.165, 1.54) is 25.3 Å². The predicted octanol–water partition coefficient (Wildman–Crippen LogP) is 5.67. The van der Waals surface area contributed by atoms with E-state index in [1.54, 1.807) is 49.0 Å². The molecule has 5 aromatic rings. The molecular weight excluding hydrogens is 556 g/mol. The SMILES string of the molecule is CC(=O)c1ccc(OCc2ccc(C(=O)Nc3c(C(N)=O)sc4nc(C(F)F)cc(-c5cnn(C)c5C)c34)o2)cc1. The number of nitrogens with zero attached hydrogens (tertiary/aromatic N) is 3. The number of carbonyl (C=O) groups excluding carboxylic acids is 3. The molecule has 210 valence electrons. The first kappa shape index (κ1) is 27.6. The zero-order chi connectivity index (χ0) is 29.4. The smallest absolute Gasteiger partial charge is 0.291 e. The minimum Gasteiger partial charge on any atom is -0.486 e. The zero-order valence-corrected chi connectivity index (χ0v) is 22.8. The predicted molar refractivity (Wildman–Crippen MR) is 147 cm³/mol. The maximum absolute atomic E-state index is 13.7. The Morgan fingerprint density at radius 2 is 1.88 bits per heavy atom. The van der Waals surface area contributed by atoms with Crippen LogP contribution in [0.1, 0.15) is 61.1 Å². The van der Waals surface area contributed by atoms with Gasteiger partial charge in [0.25, 0.3) is 18.2 Å². The van der Waals surface area contributed by atoms with Gasteiger partial charge in [0.2, 0.25) is 0 Å². The fraction of sp³-hybridized carbons (Fsp3) is 0.179. The van der Waals surface area contributed by atoms with Gasteiger partial charge in [0.1, 0.15) is 33.5 Å². The second-order valence-corrected chi connectivity index (χ2v) is 10.1. The van der Waals surface area contributed by atoms with Gasteiger partial charge < -0.3 is 20.2 Å². The minimum absolute atomic E-state index is 0.00533. The van der Waals surface area contributed by atoms with Crippen molar-refractivity contribution in [2.45, 2.75) is 26.9 Å². The number of alkyl halides is 2. The minimum atomic E-state index is -2.87. The van der Waals surface area contributed by atoms with Crippen molar-refractivity contribution in [3.8, 4) is 16.9 Å². The standard InChI is InChI=1S/C28H23F2N5O5S/c1-13-19(11-32-35(13)3)18-10-20(25(29)30)33-28-22(18)23(24(41-28)26(31)37)34-27(38)21-9-8-17(40-21)12-39-16-6-4-15(5-7-16)14(2)36/h4-11,25H,12H2,1-3H3,(H2,31,37)(H,34,38). The van der Waals surface area contributed by atoms with Crippen LogP contribution in [0.2, 0.25) is 0 Å². The van der Waals surface area contributed by atoms with Crippen molar-refractivity contribution in [1.29, 1.82) is 0 Å². The van der Waals surface area contributed by atoms with Crippen molar-refractivity contribution in [3.63, 3.8) is 0 Å². The Morgan fingerprint density at radius 3 is 2.49 bits per heavy atom. The molecule has 10 nitrogen and oxygen atoms in total. The van der Waals surface area contributed by atoms with E-state index in [0.29, 0.717) is 33.9 Å². The Bertz CT molecular complexity index is 1810. The Hall–Kier alpha value is -4.91. The lowest BCUT2D eigenvalue weighted by Gasteiger charge is -2.10. The van der Waals surface area contributed by atoms with Crippen molar-refractivity contribution >= 4 is 44.8 Å². The molecule has 0 atom stereocenters. The van der Waals surface area contributed by atoms with Crippen molar-refractivity contribution in [1.82, 2.24) is 14.8 Å². The second kappa shape index (κ2) is 10.9. The van der Waals surface area contributed by atoms with E-state index in [9.17, 15) is 23.2 Å². The summed E-state index contributed by atoms with van der Waals surface area (Å²) in [5.74, 6) is -0.866. The van der Waals surface area contributed by atoms with Gasteiger partial charge in [-0.1, -0.05) is 0 Å². The highest BCUT2D eigenvalue weighted by atomic mass is 32.1. The Balaban J connectivity index is 1.46. The molecule has 0 bridgehead atoms. The lowest BCUT2D eigenvalue weighted by atomic mass is 10.0. The molecule has 41 heavy (non-hydrogen) atoms. The number of thiophene rings is 1. The fourth-order valence-corrected chi connectivity index (χ4v) is 5.20. The summed E-state index contributed by atoms with van der Waals surface area (Å²) in [4.78, 5) is 41.1. The molecular formula is C28H23F2N5O5S. The summed E-state index contributed by atoms with van der Waals surface area (Å²) in [5, 5.41) is 7.15. The number of benzene rings is 1. The number of aromatic nitrogens is 3. The largest absolute Gasteiger partial charge is 0.486 e. The lowest BCUT2D eigenvalue weighted by molar-refractivity contribution is 0.0990. The number of amides is 2. The number of nitrogens with one attached hydrogen (secondary N) is 1. The highest BCUT2D eigenvalue weighted by Gasteiger charge is 2.27. The quantitative estimate of drug-likeness (QED) is 0.214. The van der Waals surface area contributed by atoms with E-state index in [0.717, 1.165) is 11.3 Å². The van der Waals surface area contributed by atoms with Crippen molar-refractivity contribution in [3.05, 3.63) is 82.0 Å². The van der Waals surface area contributed by atoms with Gasteiger partial charge in [0.05, 0.1) is 11.9 Å². The third kappa shape index (κ3) is 5.43. The zero-order valence-electron chi connectivity index (χ0n) is 22.0. The van der Waals surface area contributed by atoms with Crippen LogP contribution in [0.5, 0.6) is 5.75 Å². The molecule has 0 unspecified atom stereocenters. The van der Waals surface area contributed by atoms with Crippen LogP contribution in [-0.2, 0) is 13.7 Å². The first-order valence-electron chi connectivity index (χ1n) is 12.2. The number of Topliss-reactive ketones (excluding diaryl/α,β-unsaturated/α-hetero) is 1. The second-order valence-electron chi connectivity index (χ2n) is 9.10. The first-order chi connectivity index (χ1) is 19.5. The van der Waals surface area contributed by atoms with Gasteiger partial charge in [-0.2, -0.15) is 5.10 Å². The molecule has 0 saturated carbocycles. The summed E-state index contributed by atoms with van der Waals surface area (Å²) in [6.07, 6.45) is -1.36. The molecule has 0 saturated heterocycles. The number of rotatable bonds is 9. The van der Waals surface area contributed by atoms with Gasteiger partial charge in [-0.05, 0) is 61.9 Å². The maximum Gasteiger partial charge on any atom is 0.291 e. The van der Waals surface area contributed by atoms with Gasteiger partial charge in [-0.15, -0.1) is 11.3 Å². The number of ether oxygens (including phenoxy) is 1. The van der Waals surface area contributed by atoms with E-state index >= 15 is 0 Å². The number of carbonyl (C=O) groups is 3. The third-order valence-corrected chi connectivity index (χ3v) is 7.52. The molecule has 3 N–H and O–H groups in total. The topological polar surface area (TPSA) is 142 Å². The Labute approximate surface area is 235 Å². The number of halogens is 2. The Kier molecular flexibility index (Phi) is 7.37. The van der Waals surface area contributed by atoms with E-state index in [-0.39, 0.29) is 38.9 Å². The molecule has 2 amide bonds. The number of fused-ring (bicyclic) bond motifs is 1. The van der Waals surface area contributed by atoms with Crippen LogP contribution >= 0.6 is 11.3 Å². The molecule has 4 aromatic heterocycles. The average molecular weight is 580 g/mol. The molecule has 0 aliphatic heterocycles. The average Bonchev–Trinajstić information content (AvgIpc) is 3.65. The third-order valence-electron chi connectivity index (χ3n) is 6.42. The number of aryl methyl sites for hydroxylation is 1. The fourth-order valence-electron chi connectivity index (χ4n) is 4.19. The van der Waals surface area contributed by atoms with Crippen LogP contribution in [0.15, 0.2) is 53.1 Å². The number of primary amides is 1. The van der Waals surface area contributed by atoms with E-state index in [2.05, 4.69) is 15.4 Å². The maximum atomic E-state index is 13.7. The first-order valence-corrected chi connectivity index (χ1v) is 13.0. The van der Waals surface area contributed by atoms with Crippen LogP contribution in [0.4, 0.5) is 14.5 Å². The van der Waals surface area contributed by atoms with Gasteiger partial charge in [0.15, 0.2) is 11.5 Å². The van der Waals surface area contributed by atoms with E-state index in [1.807, 2.05) is 0 Å². The van der Waals surface area contributed by atoms with Crippen LogP contribution in [0, 0.1) is 6.92 Å². The lowest BCUT2D eigenvalue weighted by Crippen LogP contribution is -2.16. The van der Waals surface area contributed by atoms with E-state index < -0.39 is 23.9 Å². The van der Waals surface area contributed by atoms with Gasteiger partial charge in [-0.3, -0.25) is 19.1 Å². The molecule has 4 heterocycles. The molecule has 0 radical (unpaired) electrons. The number of pyridine rings is 1. The molecule has 0 aliphatic carbocycles. The number of hydrogen-bond donors (Lipinski definition) is 2. The Morgan fingerprint density at radius 1 is 1.15 bits per heavy atom. The highest BCUT2D eigenvalue weighted by Crippen LogP contribution is 2.43. The molecule has 13 heteroatoms. The van der Waals surface area contributed by atoms with Crippen molar-refractivity contribution in [2.75, 3.05) is 5.32 Å². The summed E-state index contributed by atoms with van der Waals surface area (Å²) < 4.78 is 40.4. The van der Waals surface area contributed by atoms with Crippen LogP contribution in [0.3, 0.4) is 0 Å². The molecule has 1 aromatic carbocycles. The molecule has 0 fully saturated rings. The monoisotopic (exact) mass is 579 g/mol. The van der Waals surface area contributed by atoms with Crippen molar-refractivity contribution in [2.24, 2.45) is 12.8 Å². The van der Waals surface area contributed by atoms with Gasteiger partial charge >= 0.3 is 0 Å². The summed E-state index contributed by atoms with van der Waals surface area (Å²) >= 11 is 0.803. The van der Waals surface area contributed by atoms with Crippen LogP contribution < -0.4 is 15.8 Å². The summed E-state index contributed by atoms with van der Waals surface area (Å²) in [7, 11) is 1.70. The van der Waals surface area contributed by atoms with Crippen molar-refractivity contribution < 1.29 is 32.3 Å². The number of ketones is 1. The number of nitrogens with two attached hydrogens (primary N) is 1. The van der Waals surface area contributed by atoms with Crippen LogP contribution in [-0.4, -0.2) is 32.4 Å². The molecule has 0 spiro atoms. The molecule has 0 aliphatic rings. The summed E-state index contributed by atoms with van der Waals surface area (Å²) in [6, 6.07) is 10.8. The van der Waals surface area contributed by atoms with Gasteiger partial charge in [0, 0.05) is 29.3 Å². The van der Waals surface area contributed by atoms with Crippen LogP contribution in [0.25, 0.3) is 21.3 Å². The molecule has 5 rings (SSSR count). The normalized spacial score (nSPS) is 11.3. The van der Waals surface area contributed by atoms with Gasteiger partial charge in [-0.25, -0.2) is 13.8 Å². The number of anilines is 1. The van der Waals surface area contributed by atoms with E-state index in [4.69, 9.17) is 14.9 Å². The summed E-state index contributed by atoms with van der Waals surface area (Å²) in [6.45, 7) is 3.24.